The van der Waals surface area contributed by atoms with E-state index in [9.17, 15) is 18.0 Å². The molecule has 11 nitrogen and oxygen atoms in total. The summed E-state index contributed by atoms with van der Waals surface area (Å²) in [6.07, 6.45) is 1.17. The predicted octanol–water partition coefficient (Wildman–Crippen LogP) is 1.52. The summed E-state index contributed by atoms with van der Waals surface area (Å²) in [5.74, 6) is -7.62. The van der Waals surface area contributed by atoms with Crippen molar-refractivity contribution >= 4 is 23.6 Å². The van der Waals surface area contributed by atoms with E-state index in [1.807, 2.05) is 0 Å². The lowest BCUT2D eigenvalue weighted by atomic mass is 9.99. The summed E-state index contributed by atoms with van der Waals surface area (Å²) >= 11 is 0. The van der Waals surface area contributed by atoms with Gasteiger partial charge in [-0.05, 0) is 12.1 Å². The zero-order valence-electron chi connectivity index (χ0n) is 17.2. The third-order valence-electron chi connectivity index (χ3n) is 4.11. The van der Waals surface area contributed by atoms with Crippen LogP contribution in [0.25, 0.3) is 0 Å². The van der Waals surface area contributed by atoms with Crippen molar-refractivity contribution in [2.75, 3.05) is 38.0 Å². The minimum atomic E-state index is -3.60. The number of nitrogens with two attached hydrogens (primary N) is 2. The molecule has 6 N–H and O–H groups in total. The summed E-state index contributed by atoms with van der Waals surface area (Å²) in [6.45, 7) is 0.276. The molecule has 0 aliphatic rings. The van der Waals surface area contributed by atoms with Crippen molar-refractivity contribution in [1.82, 2.24) is 15.0 Å². The maximum atomic E-state index is 14.3. The lowest BCUT2D eigenvalue weighted by molar-refractivity contribution is -0.0659. The number of amidine groups is 1. The number of rotatable bonds is 10. The molecule has 0 aromatic carbocycles. The quantitative estimate of drug-likeness (QED) is 0.234. The van der Waals surface area contributed by atoms with Crippen molar-refractivity contribution in [2.24, 2.45) is 5.73 Å². The number of anilines is 2. The highest BCUT2D eigenvalue weighted by Gasteiger charge is 2.41. The minimum Gasteiger partial charge on any atom is -0.474 e. The van der Waals surface area contributed by atoms with E-state index in [0.29, 0.717) is 6.61 Å². The number of carbonyl (C=O) groups is 1. The summed E-state index contributed by atoms with van der Waals surface area (Å²) < 4.78 is 57.1. The Hall–Kier alpha value is -3.68. The molecule has 2 heterocycles. The summed E-state index contributed by atoms with van der Waals surface area (Å²) in [6, 6.07) is 1.05. The highest BCUT2D eigenvalue weighted by atomic mass is 19.3. The summed E-state index contributed by atoms with van der Waals surface area (Å²) in [5.41, 5.74) is 9.74. The smallest absolute Gasteiger partial charge is 0.289 e. The van der Waals surface area contributed by atoms with Gasteiger partial charge in [0.15, 0.2) is 18.1 Å². The Bertz CT molecular complexity index is 978. The van der Waals surface area contributed by atoms with Crippen LogP contribution in [0.15, 0.2) is 18.3 Å². The fraction of sp³-hybridized carbons (Fsp3) is 0.389. The van der Waals surface area contributed by atoms with E-state index in [0.717, 1.165) is 19.1 Å². The molecule has 1 amide bonds. The fourth-order valence-corrected chi connectivity index (χ4v) is 2.37. The first-order chi connectivity index (χ1) is 15.0. The zero-order chi connectivity index (χ0) is 23.9. The van der Waals surface area contributed by atoms with Crippen molar-refractivity contribution < 1.29 is 32.2 Å². The first-order valence-corrected chi connectivity index (χ1v) is 9.11. The molecule has 174 valence electrons. The predicted molar refractivity (Wildman–Crippen MR) is 107 cm³/mol. The Morgan fingerprint density at radius 1 is 1.31 bits per heavy atom. The fourth-order valence-electron chi connectivity index (χ4n) is 2.37. The molecule has 2 aromatic heterocycles. The monoisotopic (exact) mass is 457 g/mol. The van der Waals surface area contributed by atoms with Gasteiger partial charge in [0.25, 0.3) is 17.9 Å². The van der Waals surface area contributed by atoms with Crippen LogP contribution in [-0.2, 0) is 9.47 Å². The topological polar surface area (TPSA) is 171 Å². The van der Waals surface area contributed by atoms with Gasteiger partial charge in [0.1, 0.15) is 18.2 Å². The number of nitrogens with one attached hydrogen (secondary N) is 2. The van der Waals surface area contributed by atoms with Gasteiger partial charge in [-0.15, -0.1) is 0 Å². The van der Waals surface area contributed by atoms with E-state index in [1.54, 1.807) is 0 Å². The average Bonchev–Trinajstić information content (AvgIpc) is 2.73. The van der Waals surface area contributed by atoms with Crippen LogP contribution in [-0.4, -0.2) is 59.7 Å². The van der Waals surface area contributed by atoms with E-state index < -0.39 is 41.9 Å². The third-order valence-corrected chi connectivity index (χ3v) is 4.11. The Labute approximate surface area is 180 Å². The van der Waals surface area contributed by atoms with Crippen molar-refractivity contribution in [2.45, 2.75) is 18.8 Å². The van der Waals surface area contributed by atoms with Gasteiger partial charge in [0, 0.05) is 7.11 Å². The van der Waals surface area contributed by atoms with Crippen LogP contribution in [0.4, 0.5) is 24.8 Å². The SMILES string of the molecule is COCCOc1cnc(C(=O)Nc2ccc(F)c(C(C)C(F)(F)COC(=N)N)n2)c(N)n1. The maximum absolute atomic E-state index is 14.3. The standard InChI is InChI=1S/C18H22F3N7O4/c1-9(18(20,21)8-32-17(23)24)13-10(19)3-4-11(26-13)27-16(29)14-15(22)28-12(7-25-14)31-6-5-30-2/h3-4,7,9H,5-6,8H2,1-2H3,(H2,22,28)(H3,23,24)(H,26,27,29). The van der Waals surface area contributed by atoms with Crippen LogP contribution < -0.4 is 21.5 Å². The van der Waals surface area contributed by atoms with Crippen molar-refractivity contribution in [1.29, 1.82) is 5.41 Å². The van der Waals surface area contributed by atoms with Gasteiger partial charge in [-0.1, -0.05) is 6.92 Å². The van der Waals surface area contributed by atoms with Crippen LogP contribution >= 0.6 is 0 Å². The molecular formula is C18H22F3N7O4. The number of ether oxygens (including phenoxy) is 3. The van der Waals surface area contributed by atoms with E-state index >= 15 is 0 Å². The summed E-state index contributed by atoms with van der Waals surface area (Å²) in [4.78, 5) is 24.0. The second kappa shape index (κ2) is 10.6. The average molecular weight is 457 g/mol. The number of hydrogen-bond acceptors (Lipinski definition) is 9. The summed E-state index contributed by atoms with van der Waals surface area (Å²) in [7, 11) is 1.49. The second-order valence-corrected chi connectivity index (χ2v) is 6.44. The van der Waals surface area contributed by atoms with Crippen LogP contribution in [0.5, 0.6) is 5.88 Å². The second-order valence-electron chi connectivity index (χ2n) is 6.44. The molecule has 0 aliphatic heterocycles. The van der Waals surface area contributed by atoms with Gasteiger partial charge >= 0.3 is 0 Å². The molecule has 0 saturated carbocycles. The number of aromatic nitrogens is 3. The Morgan fingerprint density at radius 3 is 2.66 bits per heavy atom. The number of alkyl halides is 2. The third kappa shape index (κ3) is 6.41. The highest BCUT2D eigenvalue weighted by Crippen LogP contribution is 2.34. The number of amides is 1. The molecule has 2 rings (SSSR count). The van der Waals surface area contributed by atoms with Crippen molar-refractivity contribution in [3.8, 4) is 5.88 Å². The van der Waals surface area contributed by atoms with Gasteiger partial charge in [0.2, 0.25) is 5.88 Å². The van der Waals surface area contributed by atoms with E-state index in [4.69, 9.17) is 26.4 Å². The van der Waals surface area contributed by atoms with Crippen LogP contribution in [0.2, 0.25) is 0 Å². The van der Waals surface area contributed by atoms with Crippen molar-refractivity contribution in [3.05, 3.63) is 35.5 Å². The van der Waals surface area contributed by atoms with Crippen LogP contribution in [0, 0.1) is 11.2 Å². The number of methoxy groups -OCH3 is 1. The highest BCUT2D eigenvalue weighted by molar-refractivity contribution is 6.05. The summed E-state index contributed by atoms with van der Waals surface area (Å²) in [5, 5.41) is 9.18. The number of carbonyl (C=O) groups excluding carboxylic acids is 1. The van der Waals surface area contributed by atoms with Gasteiger partial charge in [-0.3, -0.25) is 10.2 Å². The van der Waals surface area contributed by atoms with E-state index in [-0.39, 0.29) is 29.8 Å². The van der Waals surface area contributed by atoms with E-state index in [2.05, 4.69) is 25.0 Å². The molecule has 0 saturated heterocycles. The number of nitrogen functional groups attached to an aromatic ring is 1. The zero-order valence-corrected chi connectivity index (χ0v) is 17.2. The van der Waals surface area contributed by atoms with Crippen LogP contribution in [0.3, 0.4) is 0 Å². The Balaban J connectivity index is 2.16. The van der Waals surface area contributed by atoms with Gasteiger partial charge in [-0.25, -0.2) is 23.1 Å². The molecular weight excluding hydrogens is 435 g/mol. The molecule has 1 atom stereocenters. The lowest BCUT2D eigenvalue weighted by Crippen LogP contribution is -2.34. The normalized spacial score (nSPS) is 12.2. The molecule has 2 aromatic rings. The maximum Gasteiger partial charge on any atom is 0.289 e. The minimum absolute atomic E-state index is 0.0714. The molecule has 1 unspecified atom stereocenters. The number of nitrogens with zero attached hydrogens (tertiary/aromatic N) is 3. The number of halogens is 3. The molecule has 0 bridgehead atoms. The number of hydrogen-bond donors (Lipinski definition) is 4. The molecule has 0 radical (unpaired) electrons. The van der Waals surface area contributed by atoms with Gasteiger partial charge in [-0.2, -0.15) is 4.98 Å². The van der Waals surface area contributed by atoms with E-state index in [1.165, 1.54) is 13.3 Å². The number of pyridine rings is 1. The first kappa shape index (κ1) is 24.6. The molecule has 0 fully saturated rings. The van der Waals surface area contributed by atoms with Gasteiger partial charge < -0.3 is 31.0 Å². The Kier molecular flexibility index (Phi) is 8.12. The molecule has 32 heavy (non-hydrogen) atoms. The lowest BCUT2D eigenvalue weighted by Gasteiger charge is -2.23. The first-order valence-electron chi connectivity index (χ1n) is 9.11. The largest absolute Gasteiger partial charge is 0.474 e. The Morgan fingerprint density at radius 2 is 2.03 bits per heavy atom. The molecule has 0 aliphatic carbocycles. The molecule has 14 heteroatoms. The van der Waals surface area contributed by atoms with Gasteiger partial charge in [0.05, 0.1) is 24.4 Å². The van der Waals surface area contributed by atoms with Crippen molar-refractivity contribution in [3.63, 3.8) is 0 Å². The van der Waals surface area contributed by atoms with Crippen LogP contribution in [0.1, 0.15) is 29.0 Å². The molecule has 0 spiro atoms.